The van der Waals surface area contributed by atoms with Crippen molar-refractivity contribution in [2.75, 3.05) is 7.11 Å². The van der Waals surface area contributed by atoms with Crippen molar-refractivity contribution in [3.05, 3.63) is 34.1 Å². The highest BCUT2D eigenvalue weighted by atomic mass is 35.5. The van der Waals surface area contributed by atoms with E-state index in [-0.39, 0.29) is 12.4 Å². The van der Waals surface area contributed by atoms with E-state index < -0.39 is 5.54 Å². The van der Waals surface area contributed by atoms with Crippen LogP contribution in [0.3, 0.4) is 0 Å². The van der Waals surface area contributed by atoms with Crippen molar-refractivity contribution in [3.63, 3.8) is 0 Å². The molecule has 0 aromatic heterocycles. The Labute approximate surface area is 106 Å². The molecule has 0 heterocycles. The second-order valence-electron chi connectivity index (χ2n) is 4.72. The summed E-state index contributed by atoms with van der Waals surface area (Å²) in [7, 11) is 1.54. The van der Waals surface area contributed by atoms with Gasteiger partial charge in [-0.15, -0.1) is 0 Å². The molecule has 2 rings (SSSR count). The van der Waals surface area contributed by atoms with Crippen LogP contribution in [-0.4, -0.2) is 7.11 Å². The molecule has 0 atom stereocenters. The van der Waals surface area contributed by atoms with E-state index in [1.54, 1.807) is 12.1 Å². The fourth-order valence-corrected chi connectivity index (χ4v) is 2.78. The van der Waals surface area contributed by atoms with E-state index in [9.17, 15) is 4.39 Å². The number of hydrogen-bond acceptors (Lipinski definition) is 2. The molecule has 0 radical (unpaired) electrons. The predicted octanol–water partition coefficient (Wildman–Crippen LogP) is 3.35. The van der Waals surface area contributed by atoms with Gasteiger partial charge in [-0.1, -0.05) is 24.4 Å². The quantitative estimate of drug-likeness (QED) is 0.901. The Morgan fingerprint density at radius 3 is 2.65 bits per heavy atom. The maximum absolute atomic E-state index is 14.3. The van der Waals surface area contributed by atoms with Crippen LogP contribution < -0.4 is 5.73 Å². The molecule has 0 amide bonds. The molecular formula is C13H17ClFNO. The standard InChI is InChI=1S/C13H17ClFNO/c1-17-8-9-6-10(14)7-11(12(9)15)13(16)4-2-3-5-13/h6-7H,2-5,8,16H2,1H3. The van der Waals surface area contributed by atoms with Gasteiger partial charge in [-0.2, -0.15) is 0 Å². The highest BCUT2D eigenvalue weighted by Gasteiger charge is 2.34. The number of methoxy groups -OCH3 is 1. The molecule has 1 aromatic rings. The van der Waals surface area contributed by atoms with Gasteiger partial charge in [0, 0.05) is 28.8 Å². The second kappa shape index (κ2) is 4.92. The van der Waals surface area contributed by atoms with Crippen molar-refractivity contribution in [1.82, 2.24) is 0 Å². The maximum Gasteiger partial charge on any atom is 0.133 e. The second-order valence-corrected chi connectivity index (χ2v) is 5.16. The summed E-state index contributed by atoms with van der Waals surface area (Å²) in [5.74, 6) is -0.263. The summed E-state index contributed by atoms with van der Waals surface area (Å²) in [6.07, 6.45) is 3.72. The minimum atomic E-state index is -0.558. The number of halogens is 2. The van der Waals surface area contributed by atoms with Gasteiger partial charge < -0.3 is 10.5 Å². The maximum atomic E-state index is 14.3. The average molecular weight is 258 g/mol. The smallest absolute Gasteiger partial charge is 0.133 e. The number of hydrogen-bond donors (Lipinski definition) is 1. The van der Waals surface area contributed by atoms with Crippen LogP contribution in [0.25, 0.3) is 0 Å². The highest BCUT2D eigenvalue weighted by molar-refractivity contribution is 6.30. The Kier molecular flexibility index (Phi) is 3.71. The van der Waals surface area contributed by atoms with E-state index in [4.69, 9.17) is 22.1 Å². The van der Waals surface area contributed by atoms with Crippen LogP contribution in [0.4, 0.5) is 4.39 Å². The van der Waals surface area contributed by atoms with Gasteiger partial charge in [0.15, 0.2) is 0 Å². The number of rotatable bonds is 3. The lowest BCUT2D eigenvalue weighted by Crippen LogP contribution is -2.34. The summed E-state index contributed by atoms with van der Waals surface area (Å²) in [5.41, 5.74) is 6.73. The van der Waals surface area contributed by atoms with Gasteiger partial charge in [-0.25, -0.2) is 4.39 Å². The first-order valence-electron chi connectivity index (χ1n) is 5.83. The molecule has 1 aliphatic carbocycles. The van der Waals surface area contributed by atoms with Crippen molar-refractivity contribution in [1.29, 1.82) is 0 Å². The molecule has 17 heavy (non-hydrogen) atoms. The lowest BCUT2D eigenvalue weighted by Gasteiger charge is -2.26. The molecular weight excluding hydrogens is 241 g/mol. The largest absolute Gasteiger partial charge is 0.380 e. The zero-order chi connectivity index (χ0) is 12.5. The first-order chi connectivity index (χ1) is 8.07. The molecule has 0 unspecified atom stereocenters. The van der Waals surface area contributed by atoms with Gasteiger partial charge in [0.25, 0.3) is 0 Å². The fourth-order valence-electron chi connectivity index (χ4n) is 2.54. The van der Waals surface area contributed by atoms with Crippen molar-refractivity contribution in [2.24, 2.45) is 5.73 Å². The molecule has 1 saturated carbocycles. The van der Waals surface area contributed by atoms with E-state index in [0.29, 0.717) is 16.1 Å². The molecule has 1 aromatic carbocycles. The van der Waals surface area contributed by atoms with Gasteiger partial charge in [0.2, 0.25) is 0 Å². The molecule has 94 valence electrons. The van der Waals surface area contributed by atoms with Gasteiger partial charge >= 0.3 is 0 Å². The van der Waals surface area contributed by atoms with Crippen LogP contribution in [0.5, 0.6) is 0 Å². The summed E-state index contributed by atoms with van der Waals surface area (Å²) in [6, 6.07) is 3.25. The summed E-state index contributed by atoms with van der Waals surface area (Å²) < 4.78 is 19.3. The van der Waals surface area contributed by atoms with Crippen molar-refractivity contribution >= 4 is 11.6 Å². The molecule has 2 nitrogen and oxygen atoms in total. The van der Waals surface area contributed by atoms with E-state index in [1.807, 2.05) is 0 Å². The minimum absolute atomic E-state index is 0.218. The third kappa shape index (κ3) is 2.46. The van der Waals surface area contributed by atoms with Crippen LogP contribution in [0, 0.1) is 5.82 Å². The Balaban J connectivity index is 2.45. The molecule has 0 saturated heterocycles. The number of benzene rings is 1. The Hall–Kier alpha value is -0.640. The van der Waals surface area contributed by atoms with Crippen LogP contribution in [0.1, 0.15) is 36.8 Å². The lowest BCUT2D eigenvalue weighted by molar-refractivity contribution is 0.181. The summed E-state index contributed by atoms with van der Waals surface area (Å²) >= 11 is 6.02. The van der Waals surface area contributed by atoms with E-state index >= 15 is 0 Å². The van der Waals surface area contributed by atoms with Gasteiger partial charge in [-0.05, 0) is 25.0 Å². The first-order valence-corrected chi connectivity index (χ1v) is 6.21. The van der Waals surface area contributed by atoms with Crippen LogP contribution in [0.15, 0.2) is 12.1 Å². The summed E-state index contributed by atoms with van der Waals surface area (Å²) in [4.78, 5) is 0. The van der Waals surface area contributed by atoms with E-state index in [0.717, 1.165) is 25.7 Å². The Morgan fingerprint density at radius 2 is 2.06 bits per heavy atom. The third-order valence-corrected chi connectivity index (χ3v) is 3.66. The predicted molar refractivity (Wildman–Crippen MR) is 66.5 cm³/mol. The van der Waals surface area contributed by atoms with Gasteiger partial charge in [0.1, 0.15) is 5.82 Å². The van der Waals surface area contributed by atoms with E-state index in [2.05, 4.69) is 0 Å². The summed E-state index contributed by atoms with van der Waals surface area (Å²) in [6.45, 7) is 0.218. The van der Waals surface area contributed by atoms with Crippen molar-refractivity contribution < 1.29 is 9.13 Å². The zero-order valence-corrected chi connectivity index (χ0v) is 10.7. The topological polar surface area (TPSA) is 35.2 Å². The Bertz CT molecular complexity index is 416. The van der Waals surface area contributed by atoms with Gasteiger partial charge in [0.05, 0.1) is 6.61 Å². The van der Waals surface area contributed by atoms with Crippen molar-refractivity contribution in [3.8, 4) is 0 Å². The Morgan fingerprint density at radius 1 is 1.41 bits per heavy atom. The number of ether oxygens (including phenoxy) is 1. The molecule has 0 bridgehead atoms. The van der Waals surface area contributed by atoms with Gasteiger partial charge in [-0.3, -0.25) is 0 Å². The van der Waals surface area contributed by atoms with E-state index in [1.165, 1.54) is 7.11 Å². The number of nitrogens with two attached hydrogens (primary N) is 1. The van der Waals surface area contributed by atoms with Crippen molar-refractivity contribution in [2.45, 2.75) is 37.8 Å². The normalized spacial score (nSPS) is 18.6. The molecule has 1 aliphatic rings. The van der Waals surface area contributed by atoms with Crippen LogP contribution >= 0.6 is 11.6 Å². The minimum Gasteiger partial charge on any atom is -0.380 e. The monoisotopic (exact) mass is 257 g/mol. The SMILES string of the molecule is COCc1cc(Cl)cc(C2(N)CCCC2)c1F. The lowest BCUT2D eigenvalue weighted by atomic mass is 9.88. The highest BCUT2D eigenvalue weighted by Crippen LogP contribution is 2.39. The van der Waals surface area contributed by atoms with Crippen LogP contribution in [0.2, 0.25) is 5.02 Å². The van der Waals surface area contributed by atoms with Crippen LogP contribution in [-0.2, 0) is 16.9 Å². The molecule has 2 N–H and O–H groups in total. The average Bonchev–Trinajstić information content (AvgIpc) is 2.71. The molecule has 1 fully saturated rings. The molecule has 0 spiro atoms. The summed E-state index contributed by atoms with van der Waals surface area (Å²) in [5, 5.41) is 0.519. The fraction of sp³-hybridized carbons (Fsp3) is 0.538. The third-order valence-electron chi connectivity index (χ3n) is 3.44. The molecule has 4 heteroatoms. The molecule has 0 aliphatic heterocycles. The first kappa shape index (κ1) is 12.8. The zero-order valence-electron chi connectivity index (χ0n) is 9.93.